The molecule has 2 N–H and O–H groups in total. The fraction of sp³-hybridized carbons (Fsp3) is 0.846. The van der Waals surface area contributed by atoms with E-state index in [4.69, 9.17) is 0 Å². The second-order valence-electron chi connectivity index (χ2n) is 5.56. The van der Waals surface area contributed by atoms with E-state index >= 15 is 0 Å². The molecule has 2 atom stereocenters. The molecule has 7 nitrogen and oxygen atoms in total. The third-order valence-electron chi connectivity index (χ3n) is 3.90. The van der Waals surface area contributed by atoms with Gasteiger partial charge in [0.1, 0.15) is 11.6 Å². The third kappa shape index (κ3) is 3.94. The molecular weight excluding hydrogens is 296 g/mol. The molecule has 1 fully saturated rings. The Morgan fingerprint density at radius 1 is 1.38 bits per heavy atom. The van der Waals surface area contributed by atoms with Crippen LogP contribution in [0.1, 0.15) is 46.5 Å². The molecule has 0 radical (unpaired) electrons. The van der Waals surface area contributed by atoms with Gasteiger partial charge < -0.3 is 10.4 Å². The lowest BCUT2D eigenvalue weighted by Gasteiger charge is -2.29. The first kappa shape index (κ1) is 17.9. The molecule has 0 aromatic carbocycles. The molecule has 0 saturated carbocycles. The molecular formula is C13H24N2O5S. The summed E-state index contributed by atoms with van der Waals surface area (Å²) in [6.45, 7) is 5.17. The molecule has 1 heterocycles. The van der Waals surface area contributed by atoms with Gasteiger partial charge in [-0.05, 0) is 32.6 Å². The van der Waals surface area contributed by atoms with Crippen LogP contribution in [0.25, 0.3) is 0 Å². The van der Waals surface area contributed by atoms with Gasteiger partial charge in [0.25, 0.3) is 0 Å². The van der Waals surface area contributed by atoms with Crippen LogP contribution in [-0.2, 0) is 19.6 Å². The average Bonchev–Trinajstić information content (AvgIpc) is 2.88. The smallest absolute Gasteiger partial charge is 0.329 e. The molecule has 0 spiro atoms. The Kier molecular flexibility index (Phi) is 5.75. The lowest BCUT2D eigenvalue weighted by Crippen LogP contribution is -2.57. The molecule has 122 valence electrons. The number of nitrogens with zero attached hydrogens (tertiary/aromatic N) is 1. The third-order valence-corrected chi connectivity index (χ3v) is 5.98. The van der Waals surface area contributed by atoms with E-state index in [1.165, 1.54) is 11.2 Å². The molecule has 0 aromatic rings. The van der Waals surface area contributed by atoms with Crippen LogP contribution in [0, 0.1) is 0 Å². The van der Waals surface area contributed by atoms with Crippen LogP contribution >= 0.6 is 0 Å². The minimum atomic E-state index is -3.46. The van der Waals surface area contributed by atoms with E-state index in [1.807, 2.05) is 0 Å². The predicted octanol–water partition coefficient (Wildman–Crippen LogP) is 0.560. The van der Waals surface area contributed by atoms with Crippen LogP contribution in [0.5, 0.6) is 0 Å². The number of hydrogen-bond donors (Lipinski definition) is 2. The minimum absolute atomic E-state index is 0.000750. The number of carboxylic acids is 1. The van der Waals surface area contributed by atoms with Gasteiger partial charge in [-0.3, -0.25) is 4.79 Å². The quantitative estimate of drug-likeness (QED) is 0.713. The zero-order valence-corrected chi connectivity index (χ0v) is 13.6. The Morgan fingerprint density at radius 3 is 2.48 bits per heavy atom. The van der Waals surface area contributed by atoms with Gasteiger partial charge in [0.2, 0.25) is 15.9 Å². The molecule has 1 saturated heterocycles. The van der Waals surface area contributed by atoms with Crippen molar-refractivity contribution in [3.8, 4) is 0 Å². The summed E-state index contributed by atoms with van der Waals surface area (Å²) in [5.74, 6) is -1.65. The van der Waals surface area contributed by atoms with Gasteiger partial charge >= 0.3 is 5.97 Å². The maximum Gasteiger partial charge on any atom is 0.329 e. The summed E-state index contributed by atoms with van der Waals surface area (Å²) in [7, 11) is -3.46. The fourth-order valence-electron chi connectivity index (χ4n) is 2.36. The number of aliphatic carboxylic acids is 1. The van der Waals surface area contributed by atoms with Crippen molar-refractivity contribution in [1.29, 1.82) is 0 Å². The van der Waals surface area contributed by atoms with Gasteiger partial charge in [-0.1, -0.05) is 13.8 Å². The predicted molar refractivity (Wildman–Crippen MR) is 78.3 cm³/mol. The maximum absolute atomic E-state index is 12.3. The van der Waals surface area contributed by atoms with E-state index in [-0.39, 0.29) is 12.2 Å². The van der Waals surface area contributed by atoms with Gasteiger partial charge in [-0.15, -0.1) is 0 Å². The van der Waals surface area contributed by atoms with Crippen molar-refractivity contribution < 1.29 is 23.1 Å². The summed E-state index contributed by atoms with van der Waals surface area (Å²) < 4.78 is 25.5. The van der Waals surface area contributed by atoms with Crippen molar-refractivity contribution in [3.05, 3.63) is 0 Å². The molecule has 0 aromatic heterocycles. The van der Waals surface area contributed by atoms with Crippen molar-refractivity contribution in [2.75, 3.05) is 12.3 Å². The Balaban J connectivity index is 2.89. The highest BCUT2D eigenvalue weighted by atomic mass is 32.2. The first-order valence-electron chi connectivity index (χ1n) is 7.23. The van der Waals surface area contributed by atoms with Crippen LogP contribution in [-0.4, -0.2) is 53.6 Å². The Bertz CT molecular complexity index is 505. The van der Waals surface area contributed by atoms with Crippen LogP contribution in [0.3, 0.4) is 0 Å². The highest BCUT2D eigenvalue weighted by Crippen LogP contribution is 2.23. The summed E-state index contributed by atoms with van der Waals surface area (Å²) in [5, 5.41) is 11.7. The van der Waals surface area contributed by atoms with E-state index < -0.39 is 33.5 Å². The van der Waals surface area contributed by atoms with Crippen molar-refractivity contribution in [1.82, 2.24) is 9.62 Å². The maximum atomic E-state index is 12.3. The van der Waals surface area contributed by atoms with E-state index in [2.05, 4.69) is 5.32 Å². The first-order valence-corrected chi connectivity index (χ1v) is 8.83. The van der Waals surface area contributed by atoms with Crippen LogP contribution < -0.4 is 5.32 Å². The molecule has 1 aliphatic heterocycles. The molecule has 0 aliphatic carbocycles. The molecule has 1 aliphatic rings. The molecule has 0 bridgehead atoms. The van der Waals surface area contributed by atoms with Crippen LogP contribution in [0.15, 0.2) is 0 Å². The summed E-state index contributed by atoms with van der Waals surface area (Å²) in [4.78, 5) is 23.5. The summed E-state index contributed by atoms with van der Waals surface area (Å²) in [5.41, 5.74) is -1.38. The van der Waals surface area contributed by atoms with Gasteiger partial charge in [0.15, 0.2) is 0 Å². The number of nitrogens with one attached hydrogen (secondary N) is 1. The normalized spacial score (nSPS) is 22.7. The zero-order valence-electron chi connectivity index (χ0n) is 12.8. The van der Waals surface area contributed by atoms with E-state index in [9.17, 15) is 23.1 Å². The minimum Gasteiger partial charge on any atom is -0.480 e. The number of carbonyl (C=O) groups is 2. The number of hydrogen-bond acceptors (Lipinski definition) is 4. The standard InChI is InChI=1S/C13H24N2O5S/c1-4-9-21(19,20)15-8-6-7-10(15)11(16)14-13(3,5-2)12(17)18/h10H,4-9H2,1-3H3,(H,14,16)(H,17,18). The van der Waals surface area contributed by atoms with Gasteiger partial charge in [-0.25, -0.2) is 13.2 Å². The molecule has 21 heavy (non-hydrogen) atoms. The van der Waals surface area contributed by atoms with Crippen molar-refractivity contribution >= 4 is 21.9 Å². The van der Waals surface area contributed by atoms with E-state index in [0.29, 0.717) is 25.8 Å². The monoisotopic (exact) mass is 320 g/mol. The zero-order chi connectivity index (χ0) is 16.3. The fourth-order valence-corrected chi connectivity index (χ4v) is 4.11. The second-order valence-corrected chi connectivity index (χ2v) is 7.61. The van der Waals surface area contributed by atoms with Gasteiger partial charge in [0.05, 0.1) is 5.75 Å². The molecule has 1 rings (SSSR count). The lowest BCUT2D eigenvalue weighted by atomic mass is 9.98. The Hall–Kier alpha value is -1.15. The largest absolute Gasteiger partial charge is 0.480 e. The topological polar surface area (TPSA) is 104 Å². The van der Waals surface area contributed by atoms with Crippen LogP contribution in [0.2, 0.25) is 0 Å². The average molecular weight is 320 g/mol. The van der Waals surface area contributed by atoms with E-state index in [0.717, 1.165) is 0 Å². The lowest BCUT2D eigenvalue weighted by molar-refractivity contribution is -0.147. The number of carboxylic acid groups (broad SMARTS) is 1. The number of amides is 1. The van der Waals surface area contributed by atoms with Gasteiger partial charge in [-0.2, -0.15) is 4.31 Å². The second kappa shape index (κ2) is 6.74. The SMILES string of the molecule is CCCS(=O)(=O)N1CCCC1C(=O)NC(C)(CC)C(=O)O. The van der Waals surface area contributed by atoms with Crippen molar-refractivity contribution in [3.63, 3.8) is 0 Å². The summed E-state index contributed by atoms with van der Waals surface area (Å²) >= 11 is 0. The number of sulfonamides is 1. The molecule has 1 amide bonds. The van der Waals surface area contributed by atoms with Gasteiger partial charge in [0, 0.05) is 6.54 Å². The van der Waals surface area contributed by atoms with Crippen molar-refractivity contribution in [2.45, 2.75) is 58.0 Å². The highest BCUT2D eigenvalue weighted by molar-refractivity contribution is 7.89. The number of carbonyl (C=O) groups excluding carboxylic acids is 1. The van der Waals surface area contributed by atoms with Crippen molar-refractivity contribution in [2.24, 2.45) is 0 Å². The van der Waals surface area contributed by atoms with Crippen LogP contribution in [0.4, 0.5) is 0 Å². The Morgan fingerprint density at radius 2 is 2.00 bits per heavy atom. The first-order chi connectivity index (χ1) is 9.68. The van der Waals surface area contributed by atoms with E-state index in [1.54, 1.807) is 13.8 Å². The summed E-state index contributed by atoms with van der Waals surface area (Å²) in [6.07, 6.45) is 1.74. The summed E-state index contributed by atoms with van der Waals surface area (Å²) in [6, 6.07) is -0.799. The number of rotatable bonds is 7. The highest BCUT2D eigenvalue weighted by Gasteiger charge is 2.41. The molecule has 8 heteroatoms. The molecule has 2 unspecified atom stereocenters. The Labute approximate surface area is 125 Å².